The second-order valence-corrected chi connectivity index (χ2v) is 6.35. The van der Waals surface area contributed by atoms with E-state index >= 15 is 0 Å². The van der Waals surface area contributed by atoms with Crippen molar-refractivity contribution in [2.45, 2.75) is 50.7 Å². The van der Waals surface area contributed by atoms with Crippen molar-refractivity contribution in [1.29, 1.82) is 0 Å². The van der Waals surface area contributed by atoms with E-state index in [0.29, 0.717) is 18.0 Å². The van der Waals surface area contributed by atoms with E-state index in [0.717, 1.165) is 18.2 Å². The van der Waals surface area contributed by atoms with Crippen molar-refractivity contribution in [2.24, 2.45) is 0 Å². The molecule has 1 aliphatic carbocycles. The van der Waals surface area contributed by atoms with Gasteiger partial charge in [-0.2, -0.15) is 0 Å². The maximum absolute atomic E-state index is 5.79. The number of aromatic nitrogens is 4. The van der Waals surface area contributed by atoms with Crippen molar-refractivity contribution in [3.05, 3.63) is 35.7 Å². The molecule has 3 unspecified atom stereocenters. The Morgan fingerprint density at radius 2 is 2.09 bits per heavy atom. The highest BCUT2D eigenvalue weighted by molar-refractivity contribution is 5.40. The lowest BCUT2D eigenvalue weighted by Gasteiger charge is -2.24. The van der Waals surface area contributed by atoms with Crippen molar-refractivity contribution in [3.63, 3.8) is 0 Å². The zero-order valence-electron chi connectivity index (χ0n) is 12.9. The van der Waals surface area contributed by atoms with Crippen LogP contribution in [0.5, 0.6) is 5.75 Å². The molecule has 0 radical (unpaired) electrons. The Labute approximate surface area is 129 Å². The summed E-state index contributed by atoms with van der Waals surface area (Å²) in [5.41, 5.74) is 1.29. The van der Waals surface area contributed by atoms with Crippen LogP contribution in [-0.2, 0) is 0 Å². The average Bonchev–Trinajstić information content (AvgIpc) is 3.10. The number of ether oxygens (including phenoxy) is 1. The lowest BCUT2D eigenvalue weighted by molar-refractivity contribution is 0.294. The normalized spacial score (nSPS) is 22.9. The molecular weight excluding hydrogens is 278 g/mol. The number of fused-ring (bicyclic) bond motifs is 1. The maximum atomic E-state index is 5.79. The number of para-hydroxylation sites is 1. The van der Waals surface area contributed by atoms with Gasteiger partial charge in [-0.25, -0.2) is 4.68 Å². The van der Waals surface area contributed by atoms with Crippen LogP contribution in [0.4, 0.5) is 0 Å². The molecule has 2 heterocycles. The predicted molar refractivity (Wildman–Crippen MR) is 81.8 cm³/mol. The lowest BCUT2D eigenvalue weighted by atomic mass is 9.94. The van der Waals surface area contributed by atoms with Gasteiger partial charge in [0.05, 0.1) is 18.7 Å². The number of nitrogens with zero attached hydrogens (tertiary/aromatic N) is 4. The van der Waals surface area contributed by atoms with Gasteiger partial charge in [-0.3, -0.25) is 0 Å². The third kappa shape index (κ3) is 2.37. The van der Waals surface area contributed by atoms with Gasteiger partial charge in [-0.15, -0.1) is 5.10 Å². The minimum atomic E-state index is 0.123. The summed E-state index contributed by atoms with van der Waals surface area (Å²) in [6, 6.07) is 9.21. The predicted octanol–water partition coefficient (Wildman–Crippen LogP) is 2.22. The van der Waals surface area contributed by atoms with Gasteiger partial charge in [0.1, 0.15) is 5.75 Å². The molecule has 3 atom stereocenters. The fourth-order valence-electron chi connectivity index (χ4n) is 3.25. The molecule has 6 nitrogen and oxygen atoms in total. The number of rotatable bonds is 5. The first-order valence-electron chi connectivity index (χ1n) is 7.99. The molecule has 1 aromatic carbocycles. The highest BCUT2D eigenvalue weighted by atomic mass is 16.5. The van der Waals surface area contributed by atoms with Gasteiger partial charge >= 0.3 is 0 Å². The number of hydrogen-bond acceptors (Lipinski definition) is 5. The van der Waals surface area contributed by atoms with Gasteiger partial charge in [-0.1, -0.05) is 18.2 Å². The van der Waals surface area contributed by atoms with Crippen molar-refractivity contribution in [2.75, 3.05) is 6.61 Å². The maximum Gasteiger partial charge on any atom is 0.168 e. The van der Waals surface area contributed by atoms with Gasteiger partial charge in [0.2, 0.25) is 0 Å². The molecule has 0 spiro atoms. The lowest BCUT2D eigenvalue weighted by Crippen LogP contribution is -2.36. The van der Waals surface area contributed by atoms with E-state index in [2.05, 4.69) is 46.8 Å². The molecule has 1 N–H and O–H groups in total. The van der Waals surface area contributed by atoms with E-state index in [1.54, 1.807) is 0 Å². The standard InChI is InChI=1S/C16H21N5O/c1-10(14-9-22-15-6-4-3-5-13(14)15)17-11(2)16-18-19-20-21(16)12-7-8-12/h3-6,10-12,14,17H,7-9H2,1-2H3. The van der Waals surface area contributed by atoms with Crippen LogP contribution in [0.2, 0.25) is 0 Å². The molecule has 1 aromatic heterocycles. The van der Waals surface area contributed by atoms with Crippen molar-refractivity contribution >= 4 is 0 Å². The highest BCUT2D eigenvalue weighted by Gasteiger charge is 2.32. The van der Waals surface area contributed by atoms with Crippen LogP contribution < -0.4 is 10.1 Å². The Hall–Kier alpha value is -1.95. The monoisotopic (exact) mass is 299 g/mol. The summed E-state index contributed by atoms with van der Waals surface area (Å²) in [6.07, 6.45) is 2.37. The number of nitrogens with one attached hydrogen (secondary N) is 1. The van der Waals surface area contributed by atoms with Gasteiger partial charge < -0.3 is 10.1 Å². The molecule has 1 aliphatic heterocycles. The van der Waals surface area contributed by atoms with Gasteiger partial charge in [0.25, 0.3) is 0 Å². The molecule has 0 bridgehead atoms. The first-order chi connectivity index (χ1) is 10.7. The Bertz CT molecular complexity index is 666. The fourth-order valence-corrected chi connectivity index (χ4v) is 3.25. The highest BCUT2D eigenvalue weighted by Crippen LogP contribution is 2.37. The SMILES string of the molecule is CC(NC(C)C1COc2ccccc21)c1nnnn1C1CC1. The Kier molecular flexibility index (Phi) is 3.33. The zero-order chi connectivity index (χ0) is 15.1. The Morgan fingerprint density at radius 1 is 1.27 bits per heavy atom. The second kappa shape index (κ2) is 5.35. The molecule has 1 fully saturated rings. The van der Waals surface area contributed by atoms with Crippen LogP contribution in [0.15, 0.2) is 24.3 Å². The minimum Gasteiger partial charge on any atom is -0.493 e. The largest absolute Gasteiger partial charge is 0.493 e. The van der Waals surface area contributed by atoms with Gasteiger partial charge in [0.15, 0.2) is 5.82 Å². The number of benzene rings is 1. The van der Waals surface area contributed by atoms with Crippen molar-refractivity contribution in [1.82, 2.24) is 25.5 Å². The van der Waals surface area contributed by atoms with Crippen LogP contribution >= 0.6 is 0 Å². The first kappa shape index (κ1) is 13.7. The molecule has 2 aromatic rings. The third-order valence-corrected chi connectivity index (χ3v) is 4.65. The van der Waals surface area contributed by atoms with Crippen molar-refractivity contribution in [3.8, 4) is 5.75 Å². The van der Waals surface area contributed by atoms with Crippen molar-refractivity contribution < 1.29 is 4.74 Å². The zero-order valence-corrected chi connectivity index (χ0v) is 12.9. The average molecular weight is 299 g/mol. The summed E-state index contributed by atoms with van der Waals surface area (Å²) in [6.45, 7) is 5.06. The molecule has 22 heavy (non-hydrogen) atoms. The number of tetrazole rings is 1. The van der Waals surface area contributed by atoms with Crippen LogP contribution in [-0.4, -0.2) is 32.9 Å². The van der Waals surface area contributed by atoms with Gasteiger partial charge in [-0.05, 0) is 43.2 Å². The third-order valence-electron chi connectivity index (χ3n) is 4.65. The molecule has 116 valence electrons. The first-order valence-corrected chi connectivity index (χ1v) is 7.99. The minimum absolute atomic E-state index is 0.123. The summed E-state index contributed by atoms with van der Waals surface area (Å²) >= 11 is 0. The molecule has 1 saturated carbocycles. The van der Waals surface area contributed by atoms with Crippen LogP contribution in [0.25, 0.3) is 0 Å². The quantitative estimate of drug-likeness (QED) is 0.917. The molecular formula is C16H21N5O. The number of hydrogen-bond donors (Lipinski definition) is 1. The van der Waals surface area contributed by atoms with E-state index in [-0.39, 0.29) is 6.04 Å². The smallest absolute Gasteiger partial charge is 0.168 e. The van der Waals surface area contributed by atoms with E-state index in [4.69, 9.17) is 4.74 Å². The molecule has 2 aliphatic rings. The van der Waals surface area contributed by atoms with E-state index < -0.39 is 0 Å². The van der Waals surface area contributed by atoms with Crippen LogP contribution in [0.3, 0.4) is 0 Å². The van der Waals surface area contributed by atoms with Crippen LogP contribution in [0.1, 0.15) is 56.1 Å². The Balaban J connectivity index is 1.48. The summed E-state index contributed by atoms with van der Waals surface area (Å²) < 4.78 is 7.77. The molecule has 6 heteroatoms. The van der Waals surface area contributed by atoms with E-state index in [9.17, 15) is 0 Å². The Morgan fingerprint density at radius 3 is 2.91 bits per heavy atom. The molecule has 0 amide bonds. The summed E-state index contributed by atoms with van der Waals surface area (Å²) in [4.78, 5) is 0. The molecule has 0 saturated heterocycles. The topological polar surface area (TPSA) is 64.9 Å². The fraction of sp³-hybridized carbons (Fsp3) is 0.562. The molecule has 4 rings (SSSR count). The van der Waals surface area contributed by atoms with Gasteiger partial charge in [0, 0.05) is 17.5 Å². The van der Waals surface area contributed by atoms with E-state index in [1.807, 2.05) is 16.8 Å². The van der Waals surface area contributed by atoms with Crippen LogP contribution in [0, 0.1) is 0 Å². The summed E-state index contributed by atoms with van der Waals surface area (Å²) in [5, 5.41) is 15.8. The van der Waals surface area contributed by atoms with E-state index in [1.165, 1.54) is 18.4 Å². The summed E-state index contributed by atoms with van der Waals surface area (Å²) in [7, 11) is 0. The summed E-state index contributed by atoms with van der Waals surface area (Å²) in [5.74, 6) is 2.31. The second-order valence-electron chi connectivity index (χ2n) is 6.35.